The number of aliphatic hydroxyl groups excluding tert-OH is 1. The Balaban J connectivity index is 2.37. The Hall–Kier alpha value is -0.900. The number of rotatable bonds is 5. The predicted octanol–water partition coefficient (Wildman–Crippen LogP) is 1.39. The normalized spacial score (nSPS) is 15.6. The molecule has 74 valence electrons. The molecule has 1 rings (SSSR count). The van der Waals surface area contributed by atoms with Crippen molar-refractivity contribution >= 4 is 0 Å². The highest BCUT2D eigenvalue weighted by Crippen LogP contribution is 2.13. The van der Waals surface area contributed by atoms with Gasteiger partial charge in [-0.05, 0) is 19.8 Å². The summed E-state index contributed by atoms with van der Waals surface area (Å²) < 4.78 is 1.78. The van der Waals surface area contributed by atoms with E-state index in [1.54, 1.807) is 11.0 Å². The summed E-state index contributed by atoms with van der Waals surface area (Å²) in [6, 6.07) is 0.226. The van der Waals surface area contributed by atoms with E-state index in [0.717, 1.165) is 19.3 Å². The molecular weight excluding hydrogens is 166 g/mol. The lowest BCUT2D eigenvalue weighted by Crippen LogP contribution is -2.15. The Kier molecular flexibility index (Phi) is 3.89. The third kappa shape index (κ3) is 3.14. The lowest BCUT2D eigenvalue weighted by atomic mass is 10.1. The highest BCUT2D eigenvalue weighted by molar-refractivity contribution is 4.68. The van der Waals surface area contributed by atoms with Crippen molar-refractivity contribution in [3.63, 3.8) is 0 Å². The van der Waals surface area contributed by atoms with E-state index < -0.39 is 0 Å². The third-order valence-electron chi connectivity index (χ3n) is 2.12. The predicted molar refractivity (Wildman–Crippen MR) is 50.3 cm³/mol. The van der Waals surface area contributed by atoms with Crippen molar-refractivity contribution < 1.29 is 5.11 Å². The lowest BCUT2D eigenvalue weighted by molar-refractivity contribution is 0.134. The summed E-state index contributed by atoms with van der Waals surface area (Å²) >= 11 is 0. The summed E-state index contributed by atoms with van der Waals surface area (Å²) in [5, 5.41) is 13.6. The molecule has 1 N–H and O–H groups in total. The summed E-state index contributed by atoms with van der Waals surface area (Å²) in [6.07, 6.45) is 5.61. The van der Waals surface area contributed by atoms with Crippen LogP contribution in [0, 0.1) is 0 Å². The summed E-state index contributed by atoms with van der Waals surface area (Å²) in [6.45, 7) is 4.11. The fourth-order valence-corrected chi connectivity index (χ4v) is 1.40. The third-order valence-corrected chi connectivity index (χ3v) is 2.12. The second kappa shape index (κ2) is 4.97. The van der Waals surface area contributed by atoms with Gasteiger partial charge < -0.3 is 5.11 Å². The molecule has 0 amide bonds. The number of hydrogen-bond donors (Lipinski definition) is 1. The van der Waals surface area contributed by atoms with Gasteiger partial charge in [0.15, 0.2) is 0 Å². The minimum Gasteiger partial charge on any atom is -0.393 e. The van der Waals surface area contributed by atoms with Crippen LogP contribution in [0.4, 0.5) is 0 Å². The molecule has 0 radical (unpaired) electrons. The van der Waals surface area contributed by atoms with Crippen molar-refractivity contribution in [3.8, 4) is 0 Å². The van der Waals surface area contributed by atoms with Crippen molar-refractivity contribution in [1.82, 2.24) is 14.8 Å². The monoisotopic (exact) mass is 183 g/mol. The summed E-state index contributed by atoms with van der Waals surface area (Å²) in [5.74, 6) is 0. The van der Waals surface area contributed by atoms with Crippen LogP contribution >= 0.6 is 0 Å². The molecule has 0 aliphatic carbocycles. The first-order valence-electron chi connectivity index (χ1n) is 4.76. The van der Waals surface area contributed by atoms with Crippen LogP contribution in [0.15, 0.2) is 12.7 Å². The second-order valence-electron chi connectivity index (χ2n) is 3.40. The Labute approximate surface area is 78.6 Å². The van der Waals surface area contributed by atoms with Crippen LogP contribution in [0.25, 0.3) is 0 Å². The highest BCUT2D eigenvalue weighted by Gasteiger charge is 2.10. The van der Waals surface area contributed by atoms with E-state index in [-0.39, 0.29) is 12.1 Å². The zero-order chi connectivity index (χ0) is 9.68. The maximum absolute atomic E-state index is 9.56. The fourth-order valence-electron chi connectivity index (χ4n) is 1.40. The SMILES string of the molecule is CCCC(O)CC(C)n1cncn1. The second-order valence-corrected chi connectivity index (χ2v) is 3.40. The van der Waals surface area contributed by atoms with Crippen molar-refractivity contribution in [2.45, 2.75) is 45.3 Å². The van der Waals surface area contributed by atoms with Crippen LogP contribution in [0.2, 0.25) is 0 Å². The Morgan fingerprint density at radius 2 is 2.31 bits per heavy atom. The number of aromatic nitrogens is 3. The van der Waals surface area contributed by atoms with Crippen molar-refractivity contribution in [2.24, 2.45) is 0 Å². The van der Waals surface area contributed by atoms with Gasteiger partial charge in [-0.2, -0.15) is 5.10 Å². The first-order chi connectivity index (χ1) is 6.24. The molecule has 1 aromatic heterocycles. The fraction of sp³-hybridized carbons (Fsp3) is 0.778. The van der Waals surface area contributed by atoms with Gasteiger partial charge in [0, 0.05) is 0 Å². The minimum atomic E-state index is -0.218. The van der Waals surface area contributed by atoms with E-state index in [1.165, 1.54) is 6.33 Å². The average Bonchev–Trinajstić information content (AvgIpc) is 2.55. The van der Waals surface area contributed by atoms with Gasteiger partial charge in [-0.25, -0.2) is 4.98 Å². The Bertz CT molecular complexity index is 223. The van der Waals surface area contributed by atoms with E-state index in [0.29, 0.717) is 0 Å². The molecular formula is C9H17N3O. The van der Waals surface area contributed by atoms with Gasteiger partial charge in [0.05, 0.1) is 12.1 Å². The Morgan fingerprint density at radius 1 is 1.54 bits per heavy atom. The van der Waals surface area contributed by atoms with Gasteiger partial charge in [0.2, 0.25) is 0 Å². The number of hydrogen-bond acceptors (Lipinski definition) is 3. The molecule has 0 bridgehead atoms. The van der Waals surface area contributed by atoms with Crippen LogP contribution < -0.4 is 0 Å². The van der Waals surface area contributed by atoms with Crippen molar-refractivity contribution in [2.75, 3.05) is 0 Å². The zero-order valence-electron chi connectivity index (χ0n) is 8.22. The molecule has 4 heteroatoms. The zero-order valence-corrected chi connectivity index (χ0v) is 8.22. The molecule has 13 heavy (non-hydrogen) atoms. The molecule has 0 aromatic carbocycles. The maximum atomic E-state index is 9.56. The number of aliphatic hydroxyl groups is 1. The first-order valence-corrected chi connectivity index (χ1v) is 4.76. The van der Waals surface area contributed by atoms with Crippen molar-refractivity contribution in [3.05, 3.63) is 12.7 Å². The maximum Gasteiger partial charge on any atom is 0.137 e. The van der Waals surface area contributed by atoms with Crippen LogP contribution in [-0.4, -0.2) is 26.0 Å². The smallest absolute Gasteiger partial charge is 0.137 e. The van der Waals surface area contributed by atoms with E-state index in [1.807, 2.05) is 6.92 Å². The molecule has 4 nitrogen and oxygen atoms in total. The molecule has 0 fully saturated rings. The van der Waals surface area contributed by atoms with E-state index >= 15 is 0 Å². The summed E-state index contributed by atoms with van der Waals surface area (Å²) in [7, 11) is 0. The van der Waals surface area contributed by atoms with Gasteiger partial charge in [-0.15, -0.1) is 0 Å². The van der Waals surface area contributed by atoms with Crippen LogP contribution in [-0.2, 0) is 0 Å². The van der Waals surface area contributed by atoms with Crippen LogP contribution in [0.3, 0.4) is 0 Å². The molecule has 0 spiro atoms. The first kappa shape index (κ1) is 10.2. The lowest BCUT2D eigenvalue weighted by Gasteiger charge is -2.15. The van der Waals surface area contributed by atoms with Crippen molar-refractivity contribution in [1.29, 1.82) is 0 Å². The van der Waals surface area contributed by atoms with Gasteiger partial charge in [0.1, 0.15) is 12.7 Å². The molecule has 0 saturated heterocycles. The van der Waals surface area contributed by atoms with E-state index in [2.05, 4.69) is 17.0 Å². The largest absolute Gasteiger partial charge is 0.393 e. The molecule has 0 aliphatic rings. The average molecular weight is 183 g/mol. The molecule has 1 aromatic rings. The van der Waals surface area contributed by atoms with E-state index in [9.17, 15) is 5.11 Å². The van der Waals surface area contributed by atoms with Gasteiger partial charge >= 0.3 is 0 Å². The van der Waals surface area contributed by atoms with Gasteiger partial charge in [-0.1, -0.05) is 13.3 Å². The standard InChI is InChI=1S/C9H17N3O/c1-3-4-9(13)5-8(2)12-7-10-6-11-12/h6-9,13H,3-5H2,1-2H3. The molecule has 2 unspecified atom stereocenters. The van der Waals surface area contributed by atoms with Gasteiger partial charge in [0.25, 0.3) is 0 Å². The molecule has 0 aliphatic heterocycles. The molecule has 2 atom stereocenters. The highest BCUT2D eigenvalue weighted by atomic mass is 16.3. The van der Waals surface area contributed by atoms with Crippen LogP contribution in [0.5, 0.6) is 0 Å². The van der Waals surface area contributed by atoms with E-state index in [4.69, 9.17) is 0 Å². The molecule has 0 saturated carbocycles. The van der Waals surface area contributed by atoms with Gasteiger partial charge in [-0.3, -0.25) is 4.68 Å². The molecule has 1 heterocycles. The topological polar surface area (TPSA) is 50.9 Å². The number of nitrogens with zero attached hydrogens (tertiary/aromatic N) is 3. The quantitative estimate of drug-likeness (QED) is 0.750. The van der Waals surface area contributed by atoms with Crippen LogP contribution in [0.1, 0.15) is 39.2 Å². The summed E-state index contributed by atoms with van der Waals surface area (Å²) in [5.41, 5.74) is 0. The minimum absolute atomic E-state index is 0.218. The summed E-state index contributed by atoms with van der Waals surface area (Å²) in [4.78, 5) is 3.87. The Morgan fingerprint density at radius 3 is 2.85 bits per heavy atom.